The Balaban J connectivity index is 2.69. The maximum Gasteiger partial charge on any atom is 0.0329 e. The summed E-state index contributed by atoms with van der Waals surface area (Å²) in [5, 5.41) is 3.30. The highest BCUT2D eigenvalue weighted by atomic mass is 14.9. The summed E-state index contributed by atoms with van der Waals surface area (Å²) in [4.78, 5) is 0. The van der Waals surface area contributed by atoms with Gasteiger partial charge in [0, 0.05) is 6.04 Å². The first-order valence-electron chi connectivity index (χ1n) is 6.13. The highest BCUT2D eigenvalue weighted by Crippen LogP contribution is 2.17. The lowest BCUT2D eigenvalue weighted by Gasteiger charge is -2.16. The molecule has 2 nitrogen and oxygen atoms in total. The molecule has 0 saturated heterocycles. The molecule has 0 saturated carbocycles. The van der Waals surface area contributed by atoms with Crippen molar-refractivity contribution in [2.75, 3.05) is 13.6 Å². The third-order valence-electron chi connectivity index (χ3n) is 2.83. The lowest BCUT2D eigenvalue weighted by atomic mass is 9.98. The van der Waals surface area contributed by atoms with Crippen molar-refractivity contribution in [1.82, 2.24) is 5.32 Å². The Bertz CT molecular complexity index is 290. The second-order valence-corrected chi connectivity index (χ2v) is 4.76. The first kappa shape index (κ1) is 13.2. The van der Waals surface area contributed by atoms with Gasteiger partial charge in [0.05, 0.1) is 0 Å². The lowest BCUT2D eigenvalue weighted by Crippen LogP contribution is -2.19. The Morgan fingerprint density at radius 2 is 1.81 bits per heavy atom. The van der Waals surface area contributed by atoms with Crippen LogP contribution < -0.4 is 11.1 Å². The van der Waals surface area contributed by atoms with Crippen molar-refractivity contribution in [1.29, 1.82) is 0 Å². The summed E-state index contributed by atoms with van der Waals surface area (Å²) in [7, 11) is 1.99. The van der Waals surface area contributed by atoms with E-state index in [4.69, 9.17) is 5.73 Å². The largest absolute Gasteiger partial charge is 0.330 e. The van der Waals surface area contributed by atoms with E-state index in [2.05, 4.69) is 43.4 Å². The zero-order valence-electron chi connectivity index (χ0n) is 10.7. The molecule has 3 N–H and O–H groups in total. The van der Waals surface area contributed by atoms with Crippen molar-refractivity contribution in [2.45, 2.75) is 32.7 Å². The SMILES string of the molecule is CNC(CCN)c1ccc(CC(C)C)cc1. The van der Waals surface area contributed by atoms with Crippen molar-refractivity contribution in [2.24, 2.45) is 11.7 Å². The molecule has 0 radical (unpaired) electrons. The summed E-state index contributed by atoms with van der Waals surface area (Å²) in [6, 6.07) is 9.29. The molecular weight excluding hydrogens is 196 g/mol. The molecule has 1 unspecified atom stereocenters. The number of rotatable bonds is 6. The molecule has 0 fully saturated rings. The molecule has 2 heteroatoms. The van der Waals surface area contributed by atoms with Gasteiger partial charge in [-0.2, -0.15) is 0 Å². The minimum Gasteiger partial charge on any atom is -0.330 e. The zero-order chi connectivity index (χ0) is 12.0. The van der Waals surface area contributed by atoms with Gasteiger partial charge in [0.2, 0.25) is 0 Å². The van der Waals surface area contributed by atoms with Gasteiger partial charge >= 0.3 is 0 Å². The van der Waals surface area contributed by atoms with Crippen LogP contribution in [0.1, 0.15) is 37.4 Å². The summed E-state index contributed by atoms with van der Waals surface area (Å²) < 4.78 is 0. The van der Waals surface area contributed by atoms with Gasteiger partial charge in [0.1, 0.15) is 0 Å². The fourth-order valence-electron chi connectivity index (χ4n) is 2.00. The number of nitrogens with two attached hydrogens (primary N) is 1. The maximum atomic E-state index is 5.60. The van der Waals surface area contributed by atoms with Crippen molar-refractivity contribution >= 4 is 0 Å². The fourth-order valence-corrected chi connectivity index (χ4v) is 2.00. The van der Waals surface area contributed by atoms with Crippen molar-refractivity contribution in [3.8, 4) is 0 Å². The molecule has 1 aromatic rings. The predicted molar refractivity (Wildman–Crippen MR) is 70.5 cm³/mol. The van der Waals surface area contributed by atoms with Crippen molar-refractivity contribution in [3.63, 3.8) is 0 Å². The molecule has 0 bridgehead atoms. The minimum absolute atomic E-state index is 0.387. The Hall–Kier alpha value is -0.860. The van der Waals surface area contributed by atoms with E-state index < -0.39 is 0 Å². The average molecular weight is 220 g/mol. The summed E-state index contributed by atoms with van der Waals surface area (Å²) >= 11 is 0. The average Bonchev–Trinajstić information content (AvgIpc) is 2.26. The van der Waals surface area contributed by atoms with Gasteiger partial charge in [-0.25, -0.2) is 0 Å². The van der Waals surface area contributed by atoms with E-state index in [1.807, 2.05) is 7.05 Å². The van der Waals surface area contributed by atoms with E-state index in [1.165, 1.54) is 11.1 Å². The van der Waals surface area contributed by atoms with E-state index >= 15 is 0 Å². The summed E-state index contributed by atoms with van der Waals surface area (Å²) in [6.45, 7) is 5.22. The lowest BCUT2D eigenvalue weighted by molar-refractivity contribution is 0.556. The molecule has 0 heterocycles. The van der Waals surface area contributed by atoms with Gasteiger partial charge in [-0.3, -0.25) is 0 Å². The standard InChI is InChI=1S/C14H24N2/c1-11(2)10-12-4-6-13(7-5-12)14(16-3)8-9-15/h4-7,11,14,16H,8-10,15H2,1-3H3. The molecule has 0 aromatic heterocycles. The third kappa shape index (κ3) is 3.95. The van der Waals surface area contributed by atoms with E-state index in [9.17, 15) is 0 Å². The van der Waals surface area contributed by atoms with Gasteiger partial charge in [-0.1, -0.05) is 38.1 Å². The summed E-state index contributed by atoms with van der Waals surface area (Å²) in [6.07, 6.45) is 2.14. The van der Waals surface area contributed by atoms with Crippen molar-refractivity contribution < 1.29 is 0 Å². The predicted octanol–water partition coefficient (Wildman–Crippen LogP) is 2.49. The van der Waals surface area contributed by atoms with E-state index in [0.29, 0.717) is 6.04 Å². The van der Waals surface area contributed by atoms with Crippen molar-refractivity contribution in [3.05, 3.63) is 35.4 Å². The Morgan fingerprint density at radius 3 is 2.25 bits per heavy atom. The van der Waals surface area contributed by atoms with Gasteiger partial charge in [0.15, 0.2) is 0 Å². The van der Waals surface area contributed by atoms with E-state index in [-0.39, 0.29) is 0 Å². The first-order valence-corrected chi connectivity index (χ1v) is 6.13. The Labute approximate surface area is 99.2 Å². The molecular formula is C14H24N2. The highest BCUT2D eigenvalue weighted by Gasteiger charge is 2.07. The number of benzene rings is 1. The van der Waals surface area contributed by atoms with Crippen LogP contribution in [-0.4, -0.2) is 13.6 Å². The molecule has 1 aromatic carbocycles. The molecule has 0 aliphatic heterocycles. The quantitative estimate of drug-likeness (QED) is 0.773. The first-order chi connectivity index (χ1) is 7.67. The van der Waals surface area contributed by atoms with E-state index in [0.717, 1.165) is 25.3 Å². The normalized spacial score (nSPS) is 13.1. The minimum atomic E-state index is 0.387. The number of nitrogens with one attached hydrogen (secondary N) is 1. The van der Waals surface area contributed by atoms with Gasteiger partial charge < -0.3 is 11.1 Å². The topological polar surface area (TPSA) is 38.0 Å². The molecule has 16 heavy (non-hydrogen) atoms. The molecule has 0 amide bonds. The number of hydrogen-bond acceptors (Lipinski definition) is 2. The Kier molecular flexibility index (Phi) is 5.50. The van der Waals surface area contributed by atoms with Crippen LogP contribution in [0.4, 0.5) is 0 Å². The zero-order valence-corrected chi connectivity index (χ0v) is 10.7. The van der Waals surface area contributed by atoms with Gasteiger partial charge in [-0.05, 0) is 43.5 Å². The maximum absolute atomic E-state index is 5.60. The monoisotopic (exact) mass is 220 g/mol. The van der Waals surface area contributed by atoms with Crippen LogP contribution in [0.25, 0.3) is 0 Å². The van der Waals surface area contributed by atoms with Crippen LogP contribution in [0.15, 0.2) is 24.3 Å². The van der Waals surface area contributed by atoms with Crippen LogP contribution in [0.3, 0.4) is 0 Å². The molecule has 0 aliphatic carbocycles. The van der Waals surface area contributed by atoms with E-state index in [1.54, 1.807) is 0 Å². The van der Waals surface area contributed by atoms with Crippen LogP contribution in [-0.2, 0) is 6.42 Å². The Morgan fingerprint density at radius 1 is 1.19 bits per heavy atom. The van der Waals surface area contributed by atoms with Gasteiger partial charge in [-0.15, -0.1) is 0 Å². The molecule has 1 rings (SSSR count). The molecule has 1 atom stereocenters. The van der Waals surface area contributed by atoms with Gasteiger partial charge in [0.25, 0.3) is 0 Å². The molecule has 90 valence electrons. The smallest absolute Gasteiger partial charge is 0.0329 e. The van der Waals surface area contributed by atoms with Crippen LogP contribution in [0.5, 0.6) is 0 Å². The van der Waals surface area contributed by atoms with Crippen LogP contribution >= 0.6 is 0 Å². The molecule has 0 spiro atoms. The third-order valence-corrected chi connectivity index (χ3v) is 2.83. The second kappa shape index (κ2) is 6.66. The fraction of sp³-hybridized carbons (Fsp3) is 0.571. The van der Waals surface area contributed by atoms with Crippen LogP contribution in [0, 0.1) is 5.92 Å². The highest BCUT2D eigenvalue weighted by molar-refractivity contribution is 5.25. The molecule has 0 aliphatic rings. The second-order valence-electron chi connectivity index (χ2n) is 4.76. The van der Waals surface area contributed by atoms with Crippen LogP contribution in [0.2, 0.25) is 0 Å². The number of hydrogen-bond donors (Lipinski definition) is 2. The summed E-state index contributed by atoms with van der Waals surface area (Å²) in [5.74, 6) is 0.718. The summed E-state index contributed by atoms with van der Waals surface area (Å²) in [5.41, 5.74) is 8.35.